The molecule has 1 heteroatoms. The van der Waals surface area contributed by atoms with Crippen LogP contribution in [0.15, 0.2) is 0 Å². The van der Waals surface area contributed by atoms with Crippen LogP contribution >= 0.6 is 0 Å². The Morgan fingerprint density at radius 1 is 1.18 bits per heavy atom. The number of aliphatic hydroxyl groups is 1. The molecule has 0 amide bonds. The van der Waals surface area contributed by atoms with Crippen LogP contribution in [0.4, 0.5) is 0 Å². The van der Waals surface area contributed by atoms with E-state index in [0.717, 1.165) is 24.7 Å². The van der Waals surface area contributed by atoms with Crippen LogP contribution in [-0.4, -0.2) is 11.2 Å². The van der Waals surface area contributed by atoms with Crippen molar-refractivity contribution in [2.24, 2.45) is 11.8 Å². The van der Waals surface area contributed by atoms with Gasteiger partial charge < -0.3 is 5.11 Å². The summed E-state index contributed by atoms with van der Waals surface area (Å²) in [6.45, 7) is 4.59. The summed E-state index contributed by atoms with van der Waals surface area (Å²) in [5, 5.41) is 9.42. The van der Waals surface area contributed by atoms with E-state index in [0.29, 0.717) is 0 Å². The van der Waals surface area contributed by atoms with Gasteiger partial charge in [-0.25, -0.2) is 0 Å². The Morgan fingerprint density at radius 3 is 2.45 bits per heavy atom. The Bertz CT molecular complexity index is 111. The van der Waals surface area contributed by atoms with E-state index in [-0.39, 0.29) is 6.10 Å². The van der Waals surface area contributed by atoms with Gasteiger partial charge in [0.25, 0.3) is 0 Å². The van der Waals surface area contributed by atoms with Gasteiger partial charge >= 0.3 is 0 Å². The highest BCUT2D eigenvalue weighted by molar-refractivity contribution is 4.73. The topological polar surface area (TPSA) is 20.2 Å². The summed E-state index contributed by atoms with van der Waals surface area (Å²) >= 11 is 0. The molecule has 1 saturated carbocycles. The first-order valence-electron chi connectivity index (χ1n) is 4.92. The van der Waals surface area contributed by atoms with Crippen LogP contribution in [0.25, 0.3) is 0 Å². The number of hydrogen-bond donors (Lipinski definition) is 1. The summed E-state index contributed by atoms with van der Waals surface area (Å²) in [7, 11) is 0. The maximum atomic E-state index is 9.42. The number of rotatable bonds is 1. The standard InChI is InChI=1S/C10H20O/c1-3-9-5-7-10(11)6-4-8(9)2/h8-11H,3-7H2,1-2H3. The Morgan fingerprint density at radius 2 is 1.82 bits per heavy atom. The van der Waals surface area contributed by atoms with Gasteiger partial charge in [0.15, 0.2) is 0 Å². The van der Waals surface area contributed by atoms with Crippen molar-refractivity contribution in [3.63, 3.8) is 0 Å². The first kappa shape index (κ1) is 9.05. The van der Waals surface area contributed by atoms with Crippen molar-refractivity contribution in [2.45, 2.75) is 52.1 Å². The fourth-order valence-corrected chi connectivity index (χ4v) is 2.13. The fourth-order valence-electron chi connectivity index (χ4n) is 2.13. The molecule has 1 aliphatic carbocycles. The van der Waals surface area contributed by atoms with Crippen LogP contribution in [0, 0.1) is 11.8 Å². The van der Waals surface area contributed by atoms with E-state index in [2.05, 4.69) is 13.8 Å². The predicted octanol–water partition coefficient (Wildman–Crippen LogP) is 2.58. The molecule has 0 aromatic carbocycles. The Kier molecular flexibility index (Phi) is 3.38. The Balaban J connectivity index is 2.41. The van der Waals surface area contributed by atoms with Crippen molar-refractivity contribution in [1.29, 1.82) is 0 Å². The van der Waals surface area contributed by atoms with Gasteiger partial charge in [0.05, 0.1) is 6.10 Å². The molecule has 1 nitrogen and oxygen atoms in total. The molecule has 1 N–H and O–H groups in total. The molecule has 0 aromatic rings. The van der Waals surface area contributed by atoms with Crippen molar-refractivity contribution in [1.82, 2.24) is 0 Å². The van der Waals surface area contributed by atoms with Crippen molar-refractivity contribution >= 4 is 0 Å². The van der Waals surface area contributed by atoms with E-state index >= 15 is 0 Å². The molecule has 0 saturated heterocycles. The third-order valence-electron chi connectivity index (χ3n) is 3.16. The molecule has 11 heavy (non-hydrogen) atoms. The van der Waals surface area contributed by atoms with Gasteiger partial charge in [-0.05, 0) is 37.5 Å². The lowest BCUT2D eigenvalue weighted by atomic mass is 9.88. The predicted molar refractivity (Wildman–Crippen MR) is 47.4 cm³/mol. The molecular weight excluding hydrogens is 136 g/mol. The second-order valence-electron chi connectivity index (χ2n) is 3.95. The highest BCUT2D eigenvalue weighted by Crippen LogP contribution is 2.30. The summed E-state index contributed by atoms with van der Waals surface area (Å²) in [6.07, 6.45) is 5.79. The van der Waals surface area contributed by atoms with Crippen LogP contribution in [0.1, 0.15) is 46.0 Å². The molecule has 3 atom stereocenters. The first-order valence-corrected chi connectivity index (χ1v) is 4.92. The zero-order valence-corrected chi connectivity index (χ0v) is 7.71. The summed E-state index contributed by atoms with van der Waals surface area (Å²) in [5.41, 5.74) is 0. The third-order valence-corrected chi connectivity index (χ3v) is 3.16. The van der Waals surface area contributed by atoms with Crippen LogP contribution < -0.4 is 0 Å². The second-order valence-corrected chi connectivity index (χ2v) is 3.95. The van der Waals surface area contributed by atoms with Crippen molar-refractivity contribution in [2.75, 3.05) is 0 Å². The normalized spacial score (nSPS) is 40.1. The van der Waals surface area contributed by atoms with E-state index < -0.39 is 0 Å². The summed E-state index contributed by atoms with van der Waals surface area (Å²) in [6, 6.07) is 0. The van der Waals surface area contributed by atoms with Crippen molar-refractivity contribution < 1.29 is 5.11 Å². The lowest BCUT2D eigenvalue weighted by Gasteiger charge is -2.18. The zero-order valence-electron chi connectivity index (χ0n) is 7.71. The van der Waals surface area contributed by atoms with Gasteiger partial charge in [-0.3, -0.25) is 0 Å². The van der Waals surface area contributed by atoms with E-state index in [1.807, 2.05) is 0 Å². The van der Waals surface area contributed by atoms with Crippen LogP contribution in [0.5, 0.6) is 0 Å². The molecule has 1 fully saturated rings. The highest BCUT2D eigenvalue weighted by atomic mass is 16.3. The third kappa shape index (κ3) is 2.48. The lowest BCUT2D eigenvalue weighted by molar-refractivity contribution is 0.155. The van der Waals surface area contributed by atoms with E-state index in [1.165, 1.54) is 19.3 Å². The number of aliphatic hydroxyl groups excluding tert-OH is 1. The summed E-state index contributed by atoms with van der Waals surface area (Å²) in [5.74, 6) is 1.70. The molecule has 0 aliphatic heterocycles. The SMILES string of the molecule is CCC1CCC(O)CCC1C. The second kappa shape index (κ2) is 4.10. The fraction of sp³-hybridized carbons (Fsp3) is 1.00. The van der Waals surface area contributed by atoms with Gasteiger partial charge in [-0.15, -0.1) is 0 Å². The summed E-state index contributed by atoms with van der Waals surface area (Å²) in [4.78, 5) is 0. The van der Waals surface area contributed by atoms with Crippen LogP contribution in [-0.2, 0) is 0 Å². The molecule has 0 aromatic heterocycles. The average Bonchev–Trinajstić information content (AvgIpc) is 2.15. The minimum absolute atomic E-state index is 0.00556. The van der Waals surface area contributed by atoms with Gasteiger partial charge in [0.2, 0.25) is 0 Å². The minimum atomic E-state index is -0.00556. The smallest absolute Gasteiger partial charge is 0.0540 e. The first-order chi connectivity index (χ1) is 5.24. The van der Waals surface area contributed by atoms with Crippen molar-refractivity contribution in [3.8, 4) is 0 Å². The van der Waals surface area contributed by atoms with Crippen LogP contribution in [0.3, 0.4) is 0 Å². The quantitative estimate of drug-likeness (QED) is 0.578. The molecule has 0 bridgehead atoms. The monoisotopic (exact) mass is 156 g/mol. The van der Waals surface area contributed by atoms with Gasteiger partial charge in [-0.2, -0.15) is 0 Å². The molecule has 0 spiro atoms. The maximum Gasteiger partial charge on any atom is 0.0540 e. The number of hydrogen-bond acceptors (Lipinski definition) is 1. The van der Waals surface area contributed by atoms with Crippen molar-refractivity contribution in [3.05, 3.63) is 0 Å². The van der Waals surface area contributed by atoms with Crippen LogP contribution in [0.2, 0.25) is 0 Å². The van der Waals surface area contributed by atoms with Gasteiger partial charge in [0, 0.05) is 0 Å². The zero-order chi connectivity index (χ0) is 8.27. The molecule has 66 valence electrons. The van der Waals surface area contributed by atoms with Gasteiger partial charge in [0.1, 0.15) is 0 Å². The van der Waals surface area contributed by atoms with E-state index in [4.69, 9.17) is 0 Å². The highest BCUT2D eigenvalue weighted by Gasteiger charge is 2.21. The lowest BCUT2D eigenvalue weighted by Crippen LogP contribution is -2.07. The van der Waals surface area contributed by atoms with Gasteiger partial charge in [-0.1, -0.05) is 20.3 Å². The molecule has 1 aliphatic rings. The molecule has 3 unspecified atom stereocenters. The average molecular weight is 156 g/mol. The van der Waals surface area contributed by atoms with E-state index in [9.17, 15) is 5.11 Å². The molecular formula is C10H20O. The van der Waals surface area contributed by atoms with E-state index in [1.54, 1.807) is 0 Å². The molecule has 1 rings (SSSR count). The largest absolute Gasteiger partial charge is 0.393 e. The minimum Gasteiger partial charge on any atom is -0.393 e. The molecule has 0 heterocycles. The molecule has 0 radical (unpaired) electrons. The maximum absolute atomic E-state index is 9.42. The Hall–Kier alpha value is -0.0400. The Labute approximate surface area is 69.8 Å². The summed E-state index contributed by atoms with van der Waals surface area (Å²) < 4.78 is 0.